The van der Waals surface area contributed by atoms with Crippen molar-refractivity contribution in [2.24, 2.45) is 5.92 Å². The molecule has 0 spiro atoms. The molecule has 6 rings (SSSR count). The van der Waals surface area contributed by atoms with Gasteiger partial charge in [-0.2, -0.15) is 0 Å². The first-order valence-corrected chi connectivity index (χ1v) is 16.6. The number of carbonyl (C=O) groups is 3. The fourth-order valence-corrected chi connectivity index (χ4v) is 7.83. The lowest BCUT2D eigenvalue weighted by Crippen LogP contribution is -2.57. The number of sulfonamides is 1. The Bertz CT molecular complexity index is 1790. The third-order valence-electron chi connectivity index (χ3n) is 8.56. The molecule has 2 aromatic heterocycles. The number of nitrogens with one attached hydrogen (secondary N) is 2. The standard InChI is InChI=1S/C29H33N7O6S2/c1-15-25(19-12-20-14-36(16(2)18-8-9-18)27(38)24(20)21(13-19)44(41,42)30-4)43-28(31-15)33-22-6-5-7-23(32-22)35-11-10-34(29(39)40)17(3)26(35)37/h5-7,12-13,16-18,30H,8-11,14H2,1-4H3,(H,39,40)(H,31,32,33)/t16-,17-/m0/s1. The van der Waals surface area contributed by atoms with Gasteiger partial charge in [-0.15, -0.1) is 0 Å². The van der Waals surface area contributed by atoms with Gasteiger partial charge in [0.15, 0.2) is 5.13 Å². The van der Waals surface area contributed by atoms with Crippen LogP contribution in [0, 0.1) is 12.8 Å². The van der Waals surface area contributed by atoms with E-state index in [1.54, 1.807) is 36.1 Å². The fourth-order valence-electron chi connectivity index (χ4n) is 5.88. The number of amides is 3. The minimum Gasteiger partial charge on any atom is -0.465 e. The number of pyridine rings is 1. The zero-order chi connectivity index (χ0) is 31.5. The van der Waals surface area contributed by atoms with E-state index in [0.717, 1.165) is 22.6 Å². The molecular formula is C29H33N7O6S2. The van der Waals surface area contributed by atoms with Gasteiger partial charge in [0.25, 0.3) is 11.8 Å². The van der Waals surface area contributed by atoms with Gasteiger partial charge in [0.2, 0.25) is 10.0 Å². The number of rotatable bonds is 8. The molecule has 4 heterocycles. The monoisotopic (exact) mass is 639 g/mol. The van der Waals surface area contributed by atoms with Gasteiger partial charge in [0.1, 0.15) is 17.7 Å². The largest absolute Gasteiger partial charge is 0.465 e. The zero-order valence-electron chi connectivity index (χ0n) is 24.7. The van der Waals surface area contributed by atoms with E-state index in [1.165, 1.54) is 23.3 Å². The number of hydrogen-bond acceptors (Lipinski definition) is 9. The molecule has 13 nitrogen and oxygen atoms in total. The first-order valence-electron chi connectivity index (χ1n) is 14.3. The van der Waals surface area contributed by atoms with Gasteiger partial charge >= 0.3 is 6.09 Å². The van der Waals surface area contributed by atoms with Crippen LogP contribution in [0.15, 0.2) is 35.2 Å². The van der Waals surface area contributed by atoms with Gasteiger partial charge in [-0.25, -0.2) is 27.9 Å². The van der Waals surface area contributed by atoms with Crippen molar-refractivity contribution in [2.45, 2.75) is 57.1 Å². The van der Waals surface area contributed by atoms with E-state index < -0.39 is 22.2 Å². The number of piperazine rings is 1. The molecule has 3 aliphatic rings. The lowest BCUT2D eigenvalue weighted by atomic mass is 10.0. The number of carboxylic acid groups (broad SMARTS) is 1. The topological polar surface area (TPSA) is 165 Å². The Morgan fingerprint density at radius 2 is 1.91 bits per heavy atom. The molecule has 1 saturated heterocycles. The first kappa shape index (κ1) is 30.0. The number of thiazole rings is 1. The number of fused-ring (bicyclic) bond motifs is 1. The van der Waals surface area contributed by atoms with Crippen LogP contribution in [0.4, 0.5) is 21.6 Å². The molecule has 0 bridgehead atoms. The van der Waals surface area contributed by atoms with Crippen molar-refractivity contribution in [1.29, 1.82) is 0 Å². The van der Waals surface area contributed by atoms with Crippen LogP contribution in [0.25, 0.3) is 10.4 Å². The summed E-state index contributed by atoms with van der Waals surface area (Å²) in [5.74, 6) is 0.652. The van der Waals surface area contributed by atoms with Gasteiger partial charge in [-0.1, -0.05) is 17.4 Å². The highest BCUT2D eigenvalue weighted by Crippen LogP contribution is 2.42. The number of benzene rings is 1. The molecule has 232 valence electrons. The molecule has 15 heteroatoms. The number of aryl methyl sites for hydroxylation is 1. The summed E-state index contributed by atoms with van der Waals surface area (Å²) in [6.07, 6.45) is 0.997. The van der Waals surface area contributed by atoms with Crippen molar-refractivity contribution in [3.8, 4) is 10.4 Å². The number of hydrogen-bond donors (Lipinski definition) is 3. The third kappa shape index (κ3) is 5.28. The van der Waals surface area contributed by atoms with Gasteiger partial charge in [-0.05, 0) is 82.0 Å². The third-order valence-corrected chi connectivity index (χ3v) is 11.1. The molecule has 3 aromatic rings. The Kier molecular flexibility index (Phi) is 7.58. The Labute approximate surface area is 259 Å². The highest BCUT2D eigenvalue weighted by atomic mass is 32.2. The zero-order valence-corrected chi connectivity index (χ0v) is 26.3. The summed E-state index contributed by atoms with van der Waals surface area (Å²) in [4.78, 5) is 52.1. The van der Waals surface area contributed by atoms with Gasteiger partial charge in [0, 0.05) is 25.7 Å². The molecule has 1 aliphatic carbocycles. The molecular weight excluding hydrogens is 606 g/mol. The summed E-state index contributed by atoms with van der Waals surface area (Å²) < 4.78 is 28.6. The van der Waals surface area contributed by atoms with Gasteiger partial charge < -0.3 is 15.3 Å². The fraction of sp³-hybridized carbons (Fsp3) is 0.414. The maximum absolute atomic E-state index is 13.5. The van der Waals surface area contributed by atoms with E-state index in [0.29, 0.717) is 46.1 Å². The first-order chi connectivity index (χ1) is 20.9. The molecule has 2 fully saturated rings. The van der Waals surface area contributed by atoms with Crippen molar-refractivity contribution in [3.63, 3.8) is 0 Å². The lowest BCUT2D eigenvalue weighted by molar-refractivity contribution is -0.124. The van der Waals surface area contributed by atoms with E-state index in [-0.39, 0.29) is 41.4 Å². The predicted octanol–water partition coefficient (Wildman–Crippen LogP) is 3.63. The van der Waals surface area contributed by atoms with Crippen LogP contribution in [0.3, 0.4) is 0 Å². The SMILES string of the molecule is CNS(=O)(=O)c1cc(-c2sc(Nc3cccc(N4CCN(C(=O)O)[C@@H](C)C4=O)n3)nc2C)cc2c1C(=O)N([C@@H](C)C1CC1)C2. The molecule has 0 unspecified atom stereocenters. The Hall–Kier alpha value is -4.08. The van der Waals surface area contributed by atoms with E-state index in [2.05, 4.69) is 20.0 Å². The summed E-state index contributed by atoms with van der Waals surface area (Å²) in [6.45, 7) is 6.11. The van der Waals surface area contributed by atoms with E-state index >= 15 is 0 Å². The quantitative estimate of drug-likeness (QED) is 0.334. The van der Waals surface area contributed by atoms with Gasteiger partial charge in [-0.3, -0.25) is 19.4 Å². The van der Waals surface area contributed by atoms with Crippen LogP contribution in [0.1, 0.15) is 48.3 Å². The second kappa shape index (κ2) is 11.1. The van der Waals surface area contributed by atoms with E-state index in [1.807, 2.05) is 19.9 Å². The number of anilines is 3. The smallest absolute Gasteiger partial charge is 0.408 e. The van der Waals surface area contributed by atoms with Crippen molar-refractivity contribution in [2.75, 3.05) is 30.4 Å². The summed E-state index contributed by atoms with van der Waals surface area (Å²) in [5.41, 5.74) is 2.22. The Balaban J connectivity index is 1.29. The molecule has 44 heavy (non-hydrogen) atoms. The maximum Gasteiger partial charge on any atom is 0.408 e. The Morgan fingerprint density at radius 1 is 1.16 bits per heavy atom. The van der Waals surface area contributed by atoms with Crippen molar-refractivity contribution in [3.05, 3.63) is 47.2 Å². The van der Waals surface area contributed by atoms with Crippen LogP contribution in [0.2, 0.25) is 0 Å². The number of aromatic nitrogens is 2. The minimum atomic E-state index is -3.93. The highest BCUT2D eigenvalue weighted by Gasteiger charge is 2.41. The summed E-state index contributed by atoms with van der Waals surface area (Å²) in [5, 5.41) is 13.0. The average molecular weight is 640 g/mol. The van der Waals surface area contributed by atoms with Crippen LogP contribution in [-0.2, 0) is 21.4 Å². The van der Waals surface area contributed by atoms with E-state index in [4.69, 9.17) is 0 Å². The molecule has 0 radical (unpaired) electrons. The predicted molar refractivity (Wildman–Crippen MR) is 165 cm³/mol. The summed E-state index contributed by atoms with van der Waals surface area (Å²) >= 11 is 1.32. The normalized spacial score (nSPS) is 19.4. The van der Waals surface area contributed by atoms with Crippen LogP contribution in [-0.4, -0.2) is 83.4 Å². The van der Waals surface area contributed by atoms with Crippen LogP contribution >= 0.6 is 11.3 Å². The second-order valence-electron chi connectivity index (χ2n) is 11.3. The molecule has 2 atom stereocenters. The van der Waals surface area contributed by atoms with E-state index in [9.17, 15) is 27.9 Å². The molecule has 3 amide bonds. The second-order valence-corrected chi connectivity index (χ2v) is 14.2. The lowest BCUT2D eigenvalue weighted by Gasteiger charge is -2.36. The minimum absolute atomic E-state index is 0.0345. The van der Waals surface area contributed by atoms with Crippen molar-refractivity contribution < 1.29 is 27.9 Å². The Morgan fingerprint density at radius 3 is 2.59 bits per heavy atom. The van der Waals surface area contributed by atoms with Crippen LogP contribution in [0.5, 0.6) is 0 Å². The maximum atomic E-state index is 13.5. The molecule has 1 saturated carbocycles. The molecule has 2 aliphatic heterocycles. The van der Waals surface area contributed by atoms with Gasteiger partial charge in [0.05, 0.1) is 21.0 Å². The summed E-state index contributed by atoms with van der Waals surface area (Å²) in [6, 6.07) is 7.80. The average Bonchev–Trinajstić information content (AvgIpc) is 3.71. The van der Waals surface area contributed by atoms with Crippen molar-refractivity contribution >= 4 is 56.0 Å². The number of carbonyl (C=O) groups excluding carboxylic acids is 2. The number of nitrogens with zero attached hydrogens (tertiary/aromatic N) is 5. The summed E-state index contributed by atoms with van der Waals surface area (Å²) in [7, 11) is -2.60. The van der Waals surface area contributed by atoms with Crippen LogP contribution < -0.4 is 14.9 Å². The molecule has 3 N–H and O–H groups in total. The molecule has 1 aromatic carbocycles. The highest BCUT2D eigenvalue weighted by molar-refractivity contribution is 7.89. The van der Waals surface area contributed by atoms with Crippen molar-refractivity contribution in [1.82, 2.24) is 24.5 Å².